The van der Waals surface area contributed by atoms with E-state index in [-0.39, 0.29) is 12.1 Å². The van der Waals surface area contributed by atoms with Crippen LogP contribution in [0.4, 0.5) is 5.69 Å². The van der Waals surface area contributed by atoms with E-state index in [1.807, 2.05) is 4.98 Å². The first kappa shape index (κ1) is 14.3. The van der Waals surface area contributed by atoms with Gasteiger partial charge in [0.05, 0.1) is 5.56 Å². The fraction of sp³-hybridized carbons (Fsp3) is 0.0769. The van der Waals surface area contributed by atoms with E-state index in [2.05, 4.69) is 5.32 Å². The number of carboxylic acid groups (broad SMARTS) is 1. The molecule has 0 spiro atoms. The Balaban J connectivity index is 2.11. The highest BCUT2D eigenvalue weighted by Gasteiger charge is 2.08. The molecular formula is C13H11N3O5. The fourth-order valence-corrected chi connectivity index (χ4v) is 1.65. The number of anilines is 1. The second-order valence-electron chi connectivity index (χ2n) is 4.17. The van der Waals surface area contributed by atoms with Crippen LogP contribution in [0.5, 0.6) is 0 Å². The van der Waals surface area contributed by atoms with Gasteiger partial charge >= 0.3 is 11.7 Å². The number of nitrogens with zero attached hydrogens (tertiary/aromatic N) is 1. The van der Waals surface area contributed by atoms with E-state index < -0.39 is 23.1 Å². The molecule has 3 N–H and O–H groups in total. The van der Waals surface area contributed by atoms with Crippen molar-refractivity contribution in [3.63, 3.8) is 0 Å². The first-order valence-corrected chi connectivity index (χ1v) is 5.89. The lowest BCUT2D eigenvalue weighted by Gasteiger charge is -2.07. The van der Waals surface area contributed by atoms with E-state index in [4.69, 9.17) is 5.11 Å². The highest BCUT2D eigenvalue weighted by molar-refractivity contribution is 5.93. The lowest BCUT2D eigenvalue weighted by atomic mass is 10.2. The molecular weight excluding hydrogens is 278 g/mol. The molecule has 0 radical (unpaired) electrons. The molecule has 0 bridgehead atoms. The number of hydrogen-bond donors (Lipinski definition) is 3. The third-order valence-corrected chi connectivity index (χ3v) is 2.60. The summed E-state index contributed by atoms with van der Waals surface area (Å²) in [5.74, 6) is -1.63. The van der Waals surface area contributed by atoms with E-state index in [0.717, 1.165) is 10.6 Å². The largest absolute Gasteiger partial charge is 0.478 e. The summed E-state index contributed by atoms with van der Waals surface area (Å²) in [5, 5.41) is 11.3. The summed E-state index contributed by atoms with van der Waals surface area (Å²) in [6.07, 6.45) is 1.20. The number of benzene rings is 1. The van der Waals surface area contributed by atoms with Crippen molar-refractivity contribution in [3.8, 4) is 0 Å². The minimum absolute atomic E-state index is 0.0361. The molecule has 1 heterocycles. The van der Waals surface area contributed by atoms with E-state index in [9.17, 15) is 19.2 Å². The van der Waals surface area contributed by atoms with Gasteiger partial charge in [-0.25, -0.2) is 9.59 Å². The molecule has 0 saturated carbocycles. The quantitative estimate of drug-likeness (QED) is 0.724. The maximum absolute atomic E-state index is 11.8. The van der Waals surface area contributed by atoms with E-state index >= 15 is 0 Å². The highest BCUT2D eigenvalue weighted by Crippen LogP contribution is 2.10. The third-order valence-electron chi connectivity index (χ3n) is 2.60. The SMILES string of the molecule is O=C(Cn1ccc(=O)[nH]c1=O)Nc1cccc(C(=O)O)c1. The Morgan fingerprint density at radius 3 is 2.67 bits per heavy atom. The molecule has 0 aliphatic carbocycles. The number of carboxylic acids is 1. The first-order chi connectivity index (χ1) is 9.95. The molecule has 0 unspecified atom stereocenters. The van der Waals surface area contributed by atoms with Gasteiger partial charge in [-0.2, -0.15) is 0 Å². The van der Waals surface area contributed by atoms with Crippen LogP contribution in [0.3, 0.4) is 0 Å². The molecule has 8 nitrogen and oxygen atoms in total. The molecule has 2 aromatic rings. The Bertz CT molecular complexity index is 806. The molecule has 1 aromatic carbocycles. The van der Waals surface area contributed by atoms with Crippen LogP contribution in [0.1, 0.15) is 10.4 Å². The number of nitrogens with one attached hydrogen (secondary N) is 2. The maximum atomic E-state index is 11.8. The number of amides is 1. The van der Waals surface area contributed by atoms with Crippen LogP contribution in [-0.4, -0.2) is 26.5 Å². The molecule has 8 heteroatoms. The highest BCUT2D eigenvalue weighted by atomic mass is 16.4. The number of H-pyrrole nitrogens is 1. The van der Waals surface area contributed by atoms with Gasteiger partial charge in [0.1, 0.15) is 6.54 Å². The zero-order valence-corrected chi connectivity index (χ0v) is 10.7. The molecule has 21 heavy (non-hydrogen) atoms. The van der Waals surface area contributed by atoms with Crippen LogP contribution in [-0.2, 0) is 11.3 Å². The molecule has 0 aliphatic rings. The predicted molar refractivity (Wildman–Crippen MR) is 73.4 cm³/mol. The van der Waals surface area contributed by atoms with Gasteiger partial charge in [-0.1, -0.05) is 6.07 Å². The normalized spacial score (nSPS) is 10.1. The summed E-state index contributed by atoms with van der Waals surface area (Å²) in [7, 11) is 0. The van der Waals surface area contributed by atoms with E-state index in [1.165, 1.54) is 30.5 Å². The number of aromatic nitrogens is 2. The van der Waals surface area contributed by atoms with E-state index in [0.29, 0.717) is 5.69 Å². The molecule has 0 aliphatic heterocycles. The molecule has 108 valence electrons. The monoisotopic (exact) mass is 289 g/mol. The molecule has 0 atom stereocenters. The summed E-state index contributed by atoms with van der Waals surface area (Å²) >= 11 is 0. The van der Waals surface area contributed by atoms with Crippen molar-refractivity contribution in [1.82, 2.24) is 9.55 Å². The van der Waals surface area contributed by atoms with Crippen LogP contribution < -0.4 is 16.6 Å². The van der Waals surface area contributed by atoms with Gasteiger partial charge in [0.15, 0.2) is 0 Å². The van der Waals surface area contributed by atoms with Crippen molar-refractivity contribution in [3.05, 3.63) is 62.9 Å². The van der Waals surface area contributed by atoms with Gasteiger partial charge in [-0.05, 0) is 18.2 Å². The van der Waals surface area contributed by atoms with Crippen molar-refractivity contribution in [2.45, 2.75) is 6.54 Å². The zero-order chi connectivity index (χ0) is 15.4. The standard InChI is InChI=1S/C13H11N3O5/c17-10-4-5-16(13(21)15-10)7-11(18)14-9-3-1-2-8(6-9)12(19)20/h1-6H,7H2,(H,14,18)(H,19,20)(H,15,17,21). The van der Waals surface area contributed by atoms with Gasteiger partial charge < -0.3 is 10.4 Å². The van der Waals surface area contributed by atoms with E-state index in [1.54, 1.807) is 0 Å². The number of aromatic carboxylic acids is 1. The summed E-state index contributed by atoms with van der Waals surface area (Å²) in [6, 6.07) is 6.84. The minimum atomic E-state index is -1.11. The molecule has 0 saturated heterocycles. The fourth-order valence-electron chi connectivity index (χ4n) is 1.65. The second-order valence-corrected chi connectivity index (χ2v) is 4.17. The smallest absolute Gasteiger partial charge is 0.335 e. The number of carbonyl (C=O) groups excluding carboxylic acids is 1. The van der Waals surface area contributed by atoms with Gasteiger partial charge in [0.2, 0.25) is 5.91 Å². The van der Waals surface area contributed by atoms with Crippen molar-refractivity contribution in [2.24, 2.45) is 0 Å². The van der Waals surface area contributed by atoms with Gasteiger partial charge in [0, 0.05) is 18.0 Å². The Hall–Kier alpha value is -3.16. The predicted octanol–water partition coefficient (Wildman–Crippen LogP) is -0.127. The summed E-state index contributed by atoms with van der Waals surface area (Å²) < 4.78 is 1.03. The average Bonchev–Trinajstić information content (AvgIpc) is 2.42. The van der Waals surface area contributed by atoms with Crippen LogP contribution in [0, 0.1) is 0 Å². The maximum Gasteiger partial charge on any atom is 0.335 e. The lowest BCUT2D eigenvalue weighted by molar-refractivity contribution is -0.116. The van der Waals surface area contributed by atoms with Crippen molar-refractivity contribution in [2.75, 3.05) is 5.32 Å². The lowest BCUT2D eigenvalue weighted by Crippen LogP contribution is -2.32. The molecule has 1 amide bonds. The topological polar surface area (TPSA) is 121 Å². The molecule has 2 rings (SSSR count). The van der Waals surface area contributed by atoms with Crippen LogP contribution in [0.15, 0.2) is 46.1 Å². The molecule has 0 fully saturated rings. The van der Waals surface area contributed by atoms with Crippen molar-refractivity contribution < 1.29 is 14.7 Å². The van der Waals surface area contributed by atoms with Crippen LogP contribution in [0.25, 0.3) is 0 Å². The Labute approximate surface area is 117 Å². The minimum Gasteiger partial charge on any atom is -0.478 e. The van der Waals surface area contributed by atoms with Crippen LogP contribution in [0.2, 0.25) is 0 Å². The number of aromatic amines is 1. The van der Waals surface area contributed by atoms with Gasteiger partial charge in [-0.15, -0.1) is 0 Å². The Morgan fingerprint density at radius 1 is 1.24 bits per heavy atom. The molecule has 1 aromatic heterocycles. The second kappa shape index (κ2) is 5.87. The average molecular weight is 289 g/mol. The van der Waals surface area contributed by atoms with Gasteiger partial charge in [0.25, 0.3) is 5.56 Å². The Morgan fingerprint density at radius 2 is 2.00 bits per heavy atom. The summed E-state index contributed by atoms with van der Waals surface area (Å²) in [5.41, 5.74) is -0.908. The van der Waals surface area contributed by atoms with Crippen molar-refractivity contribution >= 4 is 17.6 Å². The Kier molecular flexibility index (Phi) is 3.98. The zero-order valence-electron chi connectivity index (χ0n) is 10.7. The number of carbonyl (C=O) groups is 2. The van der Waals surface area contributed by atoms with Crippen LogP contribution >= 0.6 is 0 Å². The number of hydrogen-bond acceptors (Lipinski definition) is 4. The third kappa shape index (κ3) is 3.66. The van der Waals surface area contributed by atoms with Gasteiger partial charge in [-0.3, -0.25) is 19.1 Å². The number of rotatable bonds is 4. The van der Waals surface area contributed by atoms with Crippen molar-refractivity contribution in [1.29, 1.82) is 0 Å². The first-order valence-electron chi connectivity index (χ1n) is 5.89. The summed E-state index contributed by atoms with van der Waals surface area (Å²) in [4.78, 5) is 46.9. The summed E-state index contributed by atoms with van der Waals surface area (Å²) in [6.45, 7) is -0.299.